The molecule has 6 heteroatoms. The van der Waals surface area contributed by atoms with Gasteiger partial charge in [0.2, 0.25) is 0 Å². The van der Waals surface area contributed by atoms with E-state index in [1.165, 1.54) is 12.3 Å². The van der Waals surface area contributed by atoms with E-state index < -0.39 is 0 Å². The molecule has 1 aliphatic heterocycles. The van der Waals surface area contributed by atoms with Crippen molar-refractivity contribution in [2.24, 2.45) is 28.8 Å². The van der Waals surface area contributed by atoms with Crippen LogP contribution in [0.1, 0.15) is 17.5 Å². The number of carbonyl (C=O) groups is 2. The Labute approximate surface area is 167 Å². The summed E-state index contributed by atoms with van der Waals surface area (Å²) in [4.78, 5) is 25.2. The predicted octanol–water partition coefficient (Wildman–Crippen LogP) is 3.55. The average Bonchev–Trinajstić information content (AvgIpc) is 3.41. The van der Waals surface area contributed by atoms with Crippen LogP contribution in [0.3, 0.4) is 0 Å². The van der Waals surface area contributed by atoms with Gasteiger partial charge < -0.3 is 4.74 Å². The third kappa shape index (κ3) is 3.05. The minimum atomic E-state index is -0.301. The summed E-state index contributed by atoms with van der Waals surface area (Å²) in [7, 11) is 0. The van der Waals surface area contributed by atoms with E-state index in [9.17, 15) is 14.0 Å². The Morgan fingerprint density at radius 1 is 1.00 bits per heavy atom. The van der Waals surface area contributed by atoms with E-state index in [2.05, 4.69) is 17.3 Å². The maximum atomic E-state index is 13.6. The first-order chi connectivity index (χ1) is 14.1. The van der Waals surface area contributed by atoms with Gasteiger partial charge >= 0.3 is 0 Å². The molecule has 146 valence electrons. The summed E-state index contributed by atoms with van der Waals surface area (Å²) in [5.41, 5.74) is 1.22. The van der Waals surface area contributed by atoms with Gasteiger partial charge in [0.15, 0.2) is 0 Å². The van der Waals surface area contributed by atoms with Crippen LogP contribution in [0, 0.1) is 29.5 Å². The predicted molar refractivity (Wildman–Crippen MR) is 104 cm³/mol. The highest BCUT2D eigenvalue weighted by Crippen LogP contribution is 2.52. The van der Waals surface area contributed by atoms with Crippen LogP contribution in [-0.2, 0) is 16.2 Å². The standard InChI is InChI=1S/C23H19FN2O3/c24-19-4-2-1-3-17(19)13-29-18-9-5-14(6-10-18)12-25-26-22(27)20-15-7-8-16(11-15)21(20)23(26)28/h1-10,12,15-16,20-21H,11,13H2/t15-,16-,20-,21+/m0/s1. The molecule has 1 heterocycles. The van der Waals surface area contributed by atoms with Crippen molar-refractivity contribution >= 4 is 18.0 Å². The van der Waals surface area contributed by atoms with Crippen LogP contribution < -0.4 is 4.74 Å². The third-order valence-electron chi connectivity index (χ3n) is 6.00. The van der Waals surface area contributed by atoms with Crippen LogP contribution >= 0.6 is 0 Å². The number of rotatable bonds is 5. The fourth-order valence-electron chi connectivity index (χ4n) is 4.55. The highest BCUT2D eigenvalue weighted by Gasteiger charge is 2.59. The summed E-state index contributed by atoms with van der Waals surface area (Å²) in [5.74, 6) is -0.246. The molecule has 2 aromatic rings. The number of allylic oxidation sites excluding steroid dienone is 2. The van der Waals surface area contributed by atoms with Gasteiger partial charge in [-0.1, -0.05) is 30.4 Å². The molecule has 0 unspecified atom stereocenters. The van der Waals surface area contributed by atoms with Crippen molar-refractivity contribution in [2.45, 2.75) is 13.0 Å². The van der Waals surface area contributed by atoms with Gasteiger partial charge in [-0.2, -0.15) is 10.1 Å². The summed E-state index contributed by atoms with van der Waals surface area (Å²) in [6, 6.07) is 13.5. The minimum Gasteiger partial charge on any atom is -0.489 e. The van der Waals surface area contributed by atoms with Crippen LogP contribution in [-0.4, -0.2) is 23.0 Å². The van der Waals surface area contributed by atoms with E-state index in [1.54, 1.807) is 42.5 Å². The van der Waals surface area contributed by atoms with Crippen LogP contribution in [0.15, 0.2) is 65.8 Å². The highest BCUT2D eigenvalue weighted by molar-refractivity contribution is 6.06. The molecular weight excluding hydrogens is 371 g/mol. The Kier molecular flexibility index (Phi) is 4.27. The Hall–Kier alpha value is -3.28. The number of hydrogen-bond donors (Lipinski definition) is 0. The zero-order valence-electron chi connectivity index (χ0n) is 15.6. The zero-order valence-corrected chi connectivity index (χ0v) is 15.6. The Bertz CT molecular complexity index is 1000. The molecule has 2 bridgehead atoms. The number of amides is 2. The smallest absolute Gasteiger partial charge is 0.254 e. The SMILES string of the molecule is O=C1[C@@H]2[C@H](C(=O)N1N=Cc1ccc(OCc3ccccc3F)cc1)[C@H]1C=C[C@H]2C1. The van der Waals surface area contributed by atoms with Crippen molar-refractivity contribution in [3.63, 3.8) is 0 Å². The first-order valence-corrected chi connectivity index (χ1v) is 9.68. The van der Waals surface area contributed by atoms with Gasteiger partial charge in [0, 0.05) is 5.56 Å². The topological polar surface area (TPSA) is 59.0 Å². The molecule has 5 nitrogen and oxygen atoms in total. The third-order valence-corrected chi connectivity index (χ3v) is 6.00. The molecule has 0 aromatic heterocycles. The molecule has 1 saturated carbocycles. The molecular formula is C23H19FN2O3. The molecule has 2 aliphatic carbocycles. The van der Waals surface area contributed by atoms with Crippen LogP contribution in [0.2, 0.25) is 0 Å². The fourth-order valence-corrected chi connectivity index (χ4v) is 4.55. The number of benzene rings is 2. The van der Waals surface area contributed by atoms with Crippen LogP contribution in [0.5, 0.6) is 5.75 Å². The van der Waals surface area contributed by atoms with E-state index in [1.807, 2.05) is 0 Å². The zero-order chi connectivity index (χ0) is 20.0. The lowest BCUT2D eigenvalue weighted by molar-refractivity contribution is -0.140. The molecule has 0 radical (unpaired) electrons. The van der Waals surface area contributed by atoms with E-state index in [-0.39, 0.29) is 47.9 Å². The monoisotopic (exact) mass is 390 g/mol. The van der Waals surface area contributed by atoms with Gasteiger partial charge in [-0.25, -0.2) is 4.39 Å². The van der Waals surface area contributed by atoms with Gasteiger partial charge in [0.1, 0.15) is 18.2 Å². The number of ether oxygens (including phenoxy) is 1. The van der Waals surface area contributed by atoms with Crippen molar-refractivity contribution in [1.29, 1.82) is 0 Å². The maximum absolute atomic E-state index is 13.6. The van der Waals surface area contributed by atoms with Crippen molar-refractivity contribution in [3.8, 4) is 5.75 Å². The number of hydrazone groups is 1. The first kappa shape index (κ1) is 17.8. The molecule has 0 N–H and O–H groups in total. The molecule has 2 fully saturated rings. The van der Waals surface area contributed by atoms with Gasteiger partial charge in [0.05, 0.1) is 18.1 Å². The quantitative estimate of drug-likeness (QED) is 0.446. The van der Waals surface area contributed by atoms with Gasteiger partial charge in [0.25, 0.3) is 11.8 Å². The Morgan fingerprint density at radius 2 is 1.66 bits per heavy atom. The van der Waals surface area contributed by atoms with Crippen LogP contribution in [0.4, 0.5) is 4.39 Å². The summed E-state index contributed by atoms with van der Waals surface area (Å²) >= 11 is 0. The molecule has 2 aromatic carbocycles. The lowest BCUT2D eigenvalue weighted by Crippen LogP contribution is -2.28. The molecule has 3 aliphatic rings. The van der Waals surface area contributed by atoms with Crippen molar-refractivity contribution in [1.82, 2.24) is 5.01 Å². The molecule has 29 heavy (non-hydrogen) atoms. The van der Waals surface area contributed by atoms with Crippen molar-refractivity contribution in [3.05, 3.63) is 77.6 Å². The van der Waals surface area contributed by atoms with Gasteiger partial charge in [-0.15, -0.1) is 0 Å². The maximum Gasteiger partial charge on any atom is 0.254 e. The van der Waals surface area contributed by atoms with Crippen molar-refractivity contribution < 1.29 is 18.7 Å². The number of imide groups is 1. The number of fused-ring (bicyclic) bond motifs is 5. The lowest BCUT2D eigenvalue weighted by Gasteiger charge is -2.13. The molecule has 5 rings (SSSR count). The lowest BCUT2D eigenvalue weighted by atomic mass is 9.85. The molecule has 0 spiro atoms. The van der Waals surface area contributed by atoms with E-state index in [0.29, 0.717) is 11.3 Å². The second-order valence-corrected chi connectivity index (χ2v) is 7.68. The highest BCUT2D eigenvalue weighted by atomic mass is 19.1. The van der Waals surface area contributed by atoms with E-state index in [0.717, 1.165) is 17.0 Å². The first-order valence-electron chi connectivity index (χ1n) is 9.68. The second-order valence-electron chi connectivity index (χ2n) is 7.68. The number of hydrogen-bond acceptors (Lipinski definition) is 4. The molecule has 2 amide bonds. The summed E-state index contributed by atoms with van der Waals surface area (Å²) in [6.07, 6.45) is 6.53. The minimum absolute atomic E-state index is 0.135. The molecule has 1 saturated heterocycles. The summed E-state index contributed by atoms with van der Waals surface area (Å²) in [6.45, 7) is 0.135. The Morgan fingerprint density at radius 3 is 2.31 bits per heavy atom. The van der Waals surface area contributed by atoms with Crippen LogP contribution in [0.25, 0.3) is 0 Å². The van der Waals surface area contributed by atoms with E-state index in [4.69, 9.17) is 4.74 Å². The van der Waals surface area contributed by atoms with Gasteiger partial charge in [-0.05, 0) is 54.2 Å². The van der Waals surface area contributed by atoms with E-state index >= 15 is 0 Å². The fraction of sp³-hybridized carbons (Fsp3) is 0.261. The molecule has 4 atom stereocenters. The van der Waals surface area contributed by atoms with Gasteiger partial charge in [-0.3, -0.25) is 9.59 Å². The second kappa shape index (κ2) is 6.95. The Balaban J connectivity index is 1.23. The van der Waals surface area contributed by atoms with Crippen molar-refractivity contribution in [2.75, 3.05) is 0 Å². The summed E-state index contributed by atoms with van der Waals surface area (Å²) in [5, 5.41) is 5.19. The summed E-state index contributed by atoms with van der Waals surface area (Å²) < 4.78 is 19.3. The normalized spacial score (nSPS) is 27.3. The number of nitrogens with zero attached hydrogens (tertiary/aromatic N) is 2. The number of carbonyl (C=O) groups excluding carboxylic acids is 2. The number of halogens is 1. The largest absolute Gasteiger partial charge is 0.489 e. The average molecular weight is 390 g/mol.